The van der Waals surface area contributed by atoms with Gasteiger partial charge in [0.25, 0.3) is 5.78 Å². The van der Waals surface area contributed by atoms with Crippen LogP contribution in [0.1, 0.15) is 22.2 Å². The van der Waals surface area contributed by atoms with Crippen LogP contribution in [-0.2, 0) is 9.59 Å². The fourth-order valence-corrected chi connectivity index (χ4v) is 3.96. The molecule has 6 nitrogen and oxygen atoms in total. The van der Waals surface area contributed by atoms with Gasteiger partial charge in [-0.1, -0.05) is 22.8 Å². The second-order valence-electron chi connectivity index (χ2n) is 5.99. The minimum absolute atomic E-state index is 0.00502. The molecule has 3 aromatic rings. The lowest BCUT2D eigenvalue weighted by Gasteiger charge is -2.21. The van der Waals surface area contributed by atoms with E-state index in [-0.39, 0.29) is 17.2 Å². The molecule has 1 amide bonds. The first-order chi connectivity index (χ1) is 13.0. The maximum absolute atomic E-state index is 12.8. The molecule has 0 radical (unpaired) electrons. The van der Waals surface area contributed by atoms with Gasteiger partial charge >= 0.3 is 5.91 Å². The van der Waals surface area contributed by atoms with Gasteiger partial charge in [0.1, 0.15) is 17.6 Å². The van der Waals surface area contributed by atoms with Crippen LogP contribution in [0, 0.1) is 6.92 Å². The molecule has 0 spiro atoms. The number of hydrogen-bond donors (Lipinski definition) is 1. The number of halogens is 1. The van der Waals surface area contributed by atoms with E-state index in [4.69, 9.17) is 16.1 Å². The summed E-state index contributed by atoms with van der Waals surface area (Å²) in [5.74, 6) is -1.07. The highest BCUT2D eigenvalue weighted by atomic mass is 35.5. The van der Waals surface area contributed by atoms with E-state index < -0.39 is 17.7 Å². The van der Waals surface area contributed by atoms with E-state index in [9.17, 15) is 14.7 Å². The molecular weight excluding hydrogens is 388 g/mol. The van der Waals surface area contributed by atoms with Crippen LogP contribution in [-0.4, -0.2) is 22.0 Å². The Kier molecular flexibility index (Phi) is 4.33. The lowest BCUT2D eigenvalue weighted by atomic mass is 10.00. The third-order valence-corrected chi connectivity index (χ3v) is 5.41. The molecule has 2 aromatic heterocycles. The Labute approximate surface area is 163 Å². The smallest absolute Gasteiger partial charge is 0.301 e. The molecule has 1 aliphatic heterocycles. The Balaban J connectivity index is 1.92. The van der Waals surface area contributed by atoms with Gasteiger partial charge < -0.3 is 9.63 Å². The van der Waals surface area contributed by atoms with Crippen molar-refractivity contribution >= 4 is 46.2 Å². The van der Waals surface area contributed by atoms with E-state index in [1.54, 1.807) is 43.3 Å². The molecule has 0 unspecified atom stereocenters. The van der Waals surface area contributed by atoms with Crippen molar-refractivity contribution in [3.05, 3.63) is 74.6 Å². The van der Waals surface area contributed by atoms with Crippen molar-refractivity contribution in [3.63, 3.8) is 0 Å². The minimum atomic E-state index is -0.787. The summed E-state index contributed by atoms with van der Waals surface area (Å²) in [6.45, 7) is 1.70. The number of nitrogens with zero attached hydrogens (tertiary/aromatic N) is 2. The van der Waals surface area contributed by atoms with Crippen LogP contribution in [0.5, 0.6) is 0 Å². The lowest BCUT2D eigenvalue weighted by Crippen LogP contribution is -2.29. The van der Waals surface area contributed by atoms with Crippen LogP contribution >= 0.6 is 22.9 Å². The van der Waals surface area contributed by atoms with Crippen molar-refractivity contribution in [1.82, 2.24) is 5.16 Å². The van der Waals surface area contributed by atoms with Gasteiger partial charge in [0, 0.05) is 21.5 Å². The zero-order valence-electron chi connectivity index (χ0n) is 14.0. The summed E-state index contributed by atoms with van der Waals surface area (Å²) < 4.78 is 5.07. The van der Waals surface area contributed by atoms with Crippen LogP contribution in [0.4, 0.5) is 5.82 Å². The number of amides is 1. The molecule has 1 atom stereocenters. The maximum atomic E-state index is 12.8. The average Bonchev–Trinajstić information content (AvgIpc) is 3.37. The number of carbonyl (C=O) groups is 2. The van der Waals surface area contributed by atoms with Crippen molar-refractivity contribution < 1.29 is 19.2 Å². The van der Waals surface area contributed by atoms with Gasteiger partial charge in [0.15, 0.2) is 5.82 Å². The van der Waals surface area contributed by atoms with Crippen molar-refractivity contribution in [2.24, 2.45) is 0 Å². The number of benzene rings is 1. The second kappa shape index (κ2) is 6.68. The third kappa shape index (κ3) is 2.94. The molecule has 1 fully saturated rings. The van der Waals surface area contributed by atoms with Crippen LogP contribution in [0.25, 0.3) is 5.76 Å². The first kappa shape index (κ1) is 17.5. The van der Waals surface area contributed by atoms with Crippen LogP contribution in [0.2, 0.25) is 5.02 Å². The summed E-state index contributed by atoms with van der Waals surface area (Å²) in [5.41, 5.74) is 0.403. The topological polar surface area (TPSA) is 83.6 Å². The Hall–Kier alpha value is -2.90. The summed E-state index contributed by atoms with van der Waals surface area (Å²) >= 11 is 7.28. The highest BCUT2D eigenvalue weighted by molar-refractivity contribution is 7.10. The van der Waals surface area contributed by atoms with Crippen molar-refractivity contribution in [2.75, 3.05) is 4.90 Å². The van der Waals surface area contributed by atoms with E-state index in [0.29, 0.717) is 16.3 Å². The Morgan fingerprint density at radius 3 is 2.59 bits per heavy atom. The van der Waals surface area contributed by atoms with E-state index in [2.05, 4.69) is 5.16 Å². The van der Waals surface area contributed by atoms with Gasteiger partial charge in [-0.15, -0.1) is 11.3 Å². The van der Waals surface area contributed by atoms with E-state index in [1.165, 1.54) is 16.2 Å². The summed E-state index contributed by atoms with van der Waals surface area (Å²) in [6, 6.07) is 10.8. The number of hydrogen-bond acceptors (Lipinski definition) is 6. The lowest BCUT2D eigenvalue weighted by molar-refractivity contribution is -0.132. The van der Waals surface area contributed by atoms with E-state index in [0.717, 1.165) is 4.88 Å². The molecule has 1 aliphatic rings. The molecule has 3 heterocycles. The molecule has 27 heavy (non-hydrogen) atoms. The normalized spacial score (nSPS) is 19.0. The number of aliphatic hydroxyl groups excluding tert-OH is 1. The van der Waals surface area contributed by atoms with Gasteiger partial charge in [0.05, 0.1) is 5.57 Å². The van der Waals surface area contributed by atoms with Crippen LogP contribution in [0.3, 0.4) is 0 Å². The number of aromatic nitrogens is 1. The summed E-state index contributed by atoms with van der Waals surface area (Å²) in [6.07, 6.45) is 0. The Morgan fingerprint density at radius 1 is 1.26 bits per heavy atom. The molecule has 1 saturated heterocycles. The summed E-state index contributed by atoms with van der Waals surface area (Å²) in [4.78, 5) is 27.5. The number of thiophene rings is 1. The van der Waals surface area contributed by atoms with Gasteiger partial charge in [-0.2, -0.15) is 0 Å². The second-order valence-corrected chi connectivity index (χ2v) is 7.40. The highest BCUT2D eigenvalue weighted by Gasteiger charge is 2.48. The first-order valence-electron chi connectivity index (χ1n) is 8.01. The summed E-state index contributed by atoms with van der Waals surface area (Å²) in [7, 11) is 0. The molecule has 1 N–H and O–H groups in total. The molecule has 4 rings (SSSR count). The number of ketones is 1. The van der Waals surface area contributed by atoms with Crippen molar-refractivity contribution in [3.8, 4) is 0 Å². The standard InChI is InChI=1S/C19H13ClN2O4S/c1-10-9-14(21-26-10)22-16(13-3-2-8-27-13)15(18(24)19(22)25)17(23)11-4-6-12(20)7-5-11/h2-9,16,23H,1H3/b17-15+/t16-/m0/s1. The molecule has 1 aromatic carbocycles. The number of aryl methyl sites for hydroxylation is 1. The largest absolute Gasteiger partial charge is 0.507 e. The first-order valence-corrected chi connectivity index (χ1v) is 9.27. The van der Waals surface area contributed by atoms with E-state index in [1.807, 2.05) is 11.4 Å². The number of Topliss-reactive ketones (excluding diaryl/α,β-unsaturated/α-hetero) is 1. The SMILES string of the molecule is Cc1cc(N2C(=O)C(=O)/C(=C(/O)c3ccc(Cl)cc3)[C@@H]2c2cccs2)no1. The fourth-order valence-electron chi connectivity index (χ4n) is 3.01. The number of carbonyl (C=O) groups excluding carboxylic acids is 2. The third-order valence-electron chi connectivity index (χ3n) is 4.24. The van der Waals surface area contributed by atoms with Crippen LogP contribution < -0.4 is 4.90 Å². The van der Waals surface area contributed by atoms with Crippen LogP contribution in [0.15, 0.2) is 57.9 Å². The van der Waals surface area contributed by atoms with Crippen molar-refractivity contribution in [2.45, 2.75) is 13.0 Å². The maximum Gasteiger partial charge on any atom is 0.301 e. The Bertz CT molecular complexity index is 1050. The quantitative estimate of drug-likeness (QED) is 0.402. The zero-order valence-corrected chi connectivity index (χ0v) is 15.6. The molecular formula is C19H13ClN2O4S. The minimum Gasteiger partial charge on any atom is -0.507 e. The molecule has 0 bridgehead atoms. The van der Waals surface area contributed by atoms with Crippen molar-refractivity contribution in [1.29, 1.82) is 0 Å². The molecule has 0 aliphatic carbocycles. The predicted molar refractivity (Wildman–Crippen MR) is 102 cm³/mol. The monoisotopic (exact) mass is 400 g/mol. The molecule has 0 saturated carbocycles. The number of aliphatic hydroxyl groups is 1. The highest BCUT2D eigenvalue weighted by Crippen LogP contribution is 2.43. The average molecular weight is 401 g/mol. The Morgan fingerprint density at radius 2 is 2.00 bits per heavy atom. The summed E-state index contributed by atoms with van der Waals surface area (Å²) in [5, 5.41) is 17.1. The van der Waals surface area contributed by atoms with E-state index >= 15 is 0 Å². The number of anilines is 1. The fraction of sp³-hybridized carbons (Fsp3) is 0.105. The molecule has 136 valence electrons. The van der Waals surface area contributed by atoms with Gasteiger partial charge in [-0.3, -0.25) is 14.5 Å². The van der Waals surface area contributed by atoms with Gasteiger partial charge in [-0.05, 0) is 42.6 Å². The molecule has 8 heteroatoms. The zero-order chi connectivity index (χ0) is 19.1. The predicted octanol–water partition coefficient (Wildman–Crippen LogP) is 4.32. The number of rotatable bonds is 3. The van der Waals surface area contributed by atoms with Gasteiger partial charge in [-0.25, -0.2) is 0 Å². The van der Waals surface area contributed by atoms with Gasteiger partial charge in [0.2, 0.25) is 0 Å².